The Balaban J connectivity index is 1.92. The van der Waals surface area contributed by atoms with Gasteiger partial charge in [0.1, 0.15) is 0 Å². The van der Waals surface area contributed by atoms with Gasteiger partial charge in [0.15, 0.2) is 0 Å². The summed E-state index contributed by atoms with van der Waals surface area (Å²) >= 11 is 0. The zero-order chi connectivity index (χ0) is 14.5. The van der Waals surface area contributed by atoms with Gasteiger partial charge in [-0.3, -0.25) is 4.79 Å². The Labute approximate surface area is 122 Å². The molecule has 0 aliphatic heterocycles. The molecule has 1 amide bonds. The molecule has 0 radical (unpaired) electrons. The van der Waals surface area contributed by atoms with Gasteiger partial charge in [-0.05, 0) is 56.7 Å². The molecule has 1 aliphatic carbocycles. The van der Waals surface area contributed by atoms with E-state index >= 15 is 0 Å². The first-order chi connectivity index (χ1) is 9.65. The highest BCUT2D eigenvalue weighted by molar-refractivity contribution is 5.78. The summed E-state index contributed by atoms with van der Waals surface area (Å²) in [6, 6.07) is 6.98. The van der Waals surface area contributed by atoms with Crippen LogP contribution in [0.25, 0.3) is 0 Å². The van der Waals surface area contributed by atoms with Gasteiger partial charge in [0, 0.05) is 19.1 Å². The third kappa shape index (κ3) is 3.40. The van der Waals surface area contributed by atoms with Gasteiger partial charge < -0.3 is 10.2 Å². The minimum Gasteiger partial charge on any atom is -0.342 e. The molecule has 1 aromatic carbocycles. The lowest BCUT2D eigenvalue weighted by Crippen LogP contribution is -2.38. The van der Waals surface area contributed by atoms with Crippen molar-refractivity contribution in [3.8, 4) is 0 Å². The third-order valence-electron chi connectivity index (χ3n) is 4.30. The second kappa shape index (κ2) is 6.89. The highest BCUT2D eigenvalue weighted by Crippen LogP contribution is 2.25. The van der Waals surface area contributed by atoms with Crippen molar-refractivity contribution in [2.45, 2.75) is 46.1 Å². The van der Waals surface area contributed by atoms with Crippen LogP contribution in [0.1, 0.15) is 49.9 Å². The predicted molar refractivity (Wildman–Crippen MR) is 82.8 cm³/mol. The fourth-order valence-corrected chi connectivity index (χ4v) is 2.91. The first-order valence-corrected chi connectivity index (χ1v) is 7.78. The van der Waals surface area contributed by atoms with Crippen LogP contribution in [0.3, 0.4) is 0 Å². The van der Waals surface area contributed by atoms with E-state index in [1.807, 2.05) is 18.7 Å². The van der Waals surface area contributed by atoms with E-state index in [1.165, 1.54) is 36.0 Å². The van der Waals surface area contributed by atoms with Crippen LogP contribution >= 0.6 is 0 Å². The van der Waals surface area contributed by atoms with E-state index in [0.717, 1.165) is 13.1 Å². The van der Waals surface area contributed by atoms with Gasteiger partial charge in [-0.15, -0.1) is 0 Å². The van der Waals surface area contributed by atoms with Crippen molar-refractivity contribution in [2.75, 3.05) is 19.6 Å². The van der Waals surface area contributed by atoms with Crippen molar-refractivity contribution >= 4 is 5.91 Å². The normalized spacial score (nSPS) is 14.9. The summed E-state index contributed by atoms with van der Waals surface area (Å²) in [5, 5.41) is 3.35. The van der Waals surface area contributed by atoms with Gasteiger partial charge in [-0.2, -0.15) is 0 Å². The number of likely N-dealkylation sites (N-methyl/N-ethyl adjacent to an activating group) is 1. The number of benzene rings is 1. The fourth-order valence-electron chi connectivity index (χ4n) is 2.91. The average Bonchev–Trinajstić information content (AvgIpc) is 2.93. The fraction of sp³-hybridized carbons (Fsp3) is 0.588. The van der Waals surface area contributed by atoms with Gasteiger partial charge in [0.25, 0.3) is 0 Å². The molecule has 1 unspecified atom stereocenters. The molecule has 1 atom stereocenters. The van der Waals surface area contributed by atoms with E-state index in [-0.39, 0.29) is 11.9 Å². The minimum atomic E-state index is 0.183. The Bertz CT molecular complexity index is 466. The van der Waals surface area contributed by atoms with E-state index in [2.05, 4.69) is 30.4 Å². The molecule has 0 spiro atoms. The first-order valence-electron chi connectivity index (χ1n) is 7.78. The van der Waals surface area contributed by atoms with Crippen LogP contribution in [-0.2, 0) is 17.6 Å². The number of hydrogen-bond acceptors (Lipinski definition) is 2. The van der Waals surface area contributed by atoms with E-state index < -0.39 is 0 Å². The zero-order valence-electron chi connectivity index (χ0n) is 12.9. The molecule has 0 fully saturated rings. The molecule has 0 bridgehead atoms. The summed E-state index contributed by atoms with van der Waals surface area (Å²) in [5.74, 6) is 0.183. The maximum absolute atomic E-state index is 12.0. The van der Waals surface area contributed by atoms with Gasteiger partial charge in [0.05, 0.1) is 6.54 Å². The lowest BCUT2D eigenvalue weighted by Gasteiger charge is -2.21. The van der Waals surface area contributed by atoms with Crippen LogP contribution in [0, 0.1) is 0 Å². The summed E-state index contributed by atoms with van der Waals surface area (Å²) in [4.78, 5) is 13.9. The van der Waals surface area contributed by atoms with Crippen molar-refractivity contribution in [3.63, 3.8) is 0 Å². The van der Waals surface area contributed by atoms with E-state index in [4.69, 9.17) is 0 Å². The number of rotatable bonds is 6. The van der Waals surface area contributed by atoms with Crippen molar-refractivity contribution in [1.82, 2.24) is 10.2 Å². The Morgan fingerprint density at radius 2 is 1.95 bits per heavy atom. The zero-order valence-corrected chi connectivity index (χ0v) is 12.9. The molecule has 1 N–H and O–H groups in total. The van der Waals surface area contributed by atoms with E-state index in [9.17, 15) is 4.79 Å². The summed E-state index contributed by atoms with van der Waals surface area (Å²) < 4.78 is 0. The van der Waals surface area contributed by atoms with Crippen LogP contribution in [0.5, 0.6) is 0 Å². The van der Waals surface area contributed by atoms with Crippen molar-refractivity contribution in [1.29, 1.82) is 0 Å². The lowest BCUT2D eigenvalue weighted by atomic mass is 10.0. The van der Waals surface area contributed by atoms with Crippen LogP contribution < -0.4 is 5.32 Å². The smallest absolute Gasteiger partial charge is 0.236 e. The standard InChI is InChI=1S/C17H26N2O/c1-4-19(5-2)17(20)12-18-13(3)15-10-9-14-7-6-8-16(14)11-15/h9-11,13,18H,4-8,12H2,1-3H3. The van der Waals surface area contributed by atoms with E-state index in [0.29, 0.717) is 6.54 Å². The second-order valence-electron chi connectivity index (χ2n) is 5.55. The lowest BCUT2D eigenvalue weighted by molar-refractivity contribution is -0.129. The molecule has 1 aliphatic rings. The topological polar surface area (TPSA) is 32.3 Å². The number of amides is 1. The molecule has 1 aromatic rings. The molecule has 2 rings (SSSR count). The number of nitrogens with zero attached hydrogens (tertiary/aromatic N) is 1. The summed E-state index contributed by atoms with van der Waals surface area (Å²) in [7, 11) is 0. The second-order valence-corrected chi connectivity index (χ2v) is 5.55. The molecule has 0 saturated heterocycles. The van der Waals surface area contributed by atoms with Crippen LogP contribution in [-0.4, -0.2) is 30.4 Å². The molecule has 3 heteroatoms. The van der Waals surface area contributed by atoms with Gasteiger partial charge in [-0.1, -0.05) is 18.2 Å². The van der Waals surface area contributed by atoms with Crippen LogP contribution in [0.2, 0.25) is 0 Å². The first kappa shape index (κ1) is 15.0. The SMILES string of the molecule is CCN(CC)C(=O)CNC(C)c1ccc2c(c1)CCC2. The van der Waals surface area contributed by atoms with E-state index in [1.54, 1.807) is 0 Å². The largest absolute Gasteiger partial charge is 0.342 e. The highest BCUT2D eigenvalue weighted by atomic mass is 16.2. The van der Waals surface area contributed by atoms with Crippen molar-refractivity contribution in [3.05, 3.63) is 34.9 Å². The maximum atomic E-state index is 12.0. The summed E-state index contributed by atoms with van der Waals surface area (Å²) in [6.07, 6.45) is 3.70. The molecule has 0 saturated carbocycles. The number of carbonyl (C=O) groups is 1. The van der Waals surface area contributed by atoms with Gasteiger partial charge in [0.2, 0.25) is 5.91 Å². The minimum absolute atomic E-state index is 0.183. The summed E-state index contributed by atoms with van der Waals surface area (Å²) in [5.41, 5.74) is 4.28. The maximum Gasteiger partial charge on any atom is 0.236 e. The number of hydrogen-bond donors (Lipinski definition) is 1. The van der Waals surface area contributed by atoms with Crippen LogP contribution in [0.15, 0.2) is 18.2 Å². The quantitative estimate of drug-likeness (QED) is 0.865. The number of fused-ring (bicyclic) bond motifs is 1. The predicted octanol–water partition coefficient (Wildman–Crippen LogP) is 2.69. The molecule has 3 nitrogen and oxygen atoms in total. The Kier molecular flexibility index (Phi) is 5.18. The monoisotopic (exact) mass is 274 g/mol. The molecular formula is C17H26N2O. The number of nitrogens with one attached hydrogen (secondary N) is 1. The molecule has 110 valence electrons. The van der Waals surface area contributed by atoms with Crippen LogP contribution in [0.4, 0.5) is 0 Å². The molecule has 20 heavy (non-hydrogen) atoms. The van der Waals surface area contributed by atoms with Crippen molar-refractivity contribution in [2.24, 2.45) is 0 Å². The van der Waals surface area contributed by atoms with Crippen molar-refractivity contribution < 1.29 is 4.79 Å². The van der Waals surface area contributed by atoms with Gasteiger partial charge >= 0.3 is 0 Å². The number of aryl methyl sites for hydroxylation is 2. The average molecular weight is 274 g/mol. The highest BCUT2D eigenvalue weighted by Gasteiger charge is 2.15. The number of carbonyl (C=O) groups excluding carboxylic acids is 1. The molecule has 0 aromatic heterocycles. The Morgan fingerprint density at radius 1 is 1.25 bits per heavy atom. The Hall–Kier alpha value is -1.35. The Morgan fingerprint density at radius 3 is 2.65 bits per heavy atom. The molecule has 0 heterocycles. The summed E-state index contributed by atoms with van der Waals surface area (Å²) in [6.45, 7) is 8.15. The molecular weight excluding hydrogens is 248 g/mol. The third-order valence-corrected chi connectivity index (χ3v) is 4.30. The van der Waals surface area contributed by atoms with Gasteiger partial charge in [-0.25, -0.2) is 0 Å².